The third kappa shape index (κ3) is 4.24. The normalized spacial score (nSPS) is 16.2. The van der Waals surface area contributed by atoms with Crippen LogP contribution in [0.3, 0.4) is 0 Å². The molecule has 1 aromatic carbocycles. The van der Waals surface area contributed by atoms with Crippen molar-refractivity contribution in [2.75, 3.05) is 33.8 Å². The van der Waals surface area contributed by atoms with E-state index < -0.39 is 0 Å². The molecule has 0 radical (unpaired) electrons. The molecule has 0 aliphatic carbocycles. The summed E-state index contributed by atoms with van der Waals surface area (Å²) in [6.07, 6.45) is 1.58. The van der Waals surface area contributed by atoms with Crippen LogP contribution in [0, 0.1) is 0 Å². The summed E-state index contributed by atoms with van der Waals surface area (Å²) in [4.78, 5) is 19.8. The average Bonchev–Trinajstić information content (AvgIpc) is 3.06. The summed E-state index contributed by atoms with van der Waals surface area (Å²) in [5, 5.41) is 2.85. The Bertz CT molecular complexity index is 675. The van der Waals surface area contributed by atoms with Gasteiger partial charge in [-0.3, -0.25) is 4.79 Å². The van der Waals surface area contributed by atoms with Gasteiger partial charge < -0.3 is 19.3 Å². The average molecular weight is 348 g/mol. The molecule has 0 unspecified atom stereocenters. The van der Waals surface area contributed by atoms with Gasteiger partial charge in [0.25, 0.3) is 5.91 Å². The van der Waals surface area contributed by atoms with Crippen LogP contribution in [-0.4, -0.2) is 55.7 Å². The molecule has 7 heteroatoms. The van der Waals surface area contributed by atoms with Crippen molar-refractivity contribution in [2.45, 2.75) is 12.6 Å². The van der Waals surface area contributed by atoms with Crippen molar-refractivity contribution >= 4 is 17.2 Å². The molecular weight excluding hydrogens is 326 g/mol. The van der Waals surface area contributed by atoms with Gasteiger partial charge in [-0.15, -0.1) is 11.3 Å². The van der Waals surface area contributed by atoms with E-state index in [0.29, 0.717) is 26.2 Å². The highest BCUT2D eigenvalue weighted by Gasteiger charge is 2.26. The summed E-state index contributed by atoms with van der Waals surface area (Å²) in [5.74, 6) is 1.57. The van der Waals surface area contributed by atoms with Crippen LogP contribution in [0.25, 0.3) is 0 Å². The maximum Gasteiger partial charge on any atom is 0.278 e. The van der Waals surface area contributed by atoms with Gasteiger partial charge in [0, 0.05) is 11.6 Å². The Morgan fingerprint density at radius 1 is 1.38 bits per heavy atom. The molecule has 1 aliphatic rings. The predicted molar refractivity (Wildman–Crippen MR) is 91.6 cm³/mol. The van der Waals surface area contributed by atoms with E-state index in [2.05, 4.69) is 4.98 Å². The smallest absolute Gasteiger partial charge is 0.278 e. The number of ether oxygens (including phenoxy) is 2. The summed E-state index contributed by atoms with van der Waals surface area (Å²) < 4.78 is 11.7. The summed E-state index contributed by atoms with van der Waals surface area (Å²) >= 11 is 1.55. The van der Waals surface area contributed by atoms with Gasteiger partial charge >= 0.3 is 0 Å². The number of carbonyl (C=O) groups is 1. The van der Waals surface area contributed by atoms with E-state index in [4.69, 9.17) is 9.47 Å². The number of carbonyl (C=O) groups excluding carboxylic acids is 1. The Labute approximate surface area is 145 Å². The lowest BCUT2D eigenvalue weighted by atomic mass is 10.2. The van der Waals surface area contributed by atoms with E-state index in [1.54, 1.807) is 17.5 Å². The second-order valence-electron chi connectivity index (χ2n) is 6.08. The first-order chi connectivity index (χ1) is 11.6. The molecule has 1 aliphatic heterocycles. The summed E-state index contributed by atoms with van der Waals surface area (Å²) in [6.45, 7) is 1.87. The number of hydrogen-bond acceptors (Lipinski definition) is 5. The SMILES string of the molecule is C[NH+](C)CC(=O)N(Cc1nccs1)C[C@H]1COc2ccccc2O1. The van der Waals surface area contributed by atoms with E-state index in [1.807, 2.05) is 48.6 Å². The van der Waals surface area contributed by atoms with Crippen LogP contribution >= 0.6 is 11.3 Å². The van der Waals surface area contributed by atoms with Gasteiger partial charge in [0.05, 0.1) is 27.2 Å². The third-order valence-corrected chi connectivity index (χ3v) is 4.42. The molecule has 6 nitrogen and oxygen atoms in total. The third-order valence-electron chi connectivity index (χ3n) is 3.66. The molecule has 0 saturated carbocycles. The van der Waals surface area contributed by atoms with Crippen LogP contribution in [0.4, 0.5) is 0 Å². The van der Waals surface area contributed by atoms with Crippen LogP contribution in [0.2, 0.25) is 0 Å². The number of amides is 1. The van der Waals surface area contributed by atoms with E-state index in [-0.39, 0.29) is 12.0 Å². The Kier molecular flexibility index (Phi) is 5.32. The molecule has 0 spiro atoms. The lowest BCUT2D eigenvalue weighted by molar-refractivity contribution is -0.849. The summed E-state index contributed by atoms with van der Waals surface area (Å²) in [5.41, 5.74) is 0. The van der Waals surface area contributed by atoms with Gasteiger partial charge in [0.15, 0.2) is 24.1 Å². The zero-order chi connectivity index (χ0) is 16.9. The van der Waals surface area contributed by atoms with E-state index in [9.17, 15) is 4.79 Å². The highest BCUT2D eigenvalue weighted by Crippen LogP contribution is 2.31. The van der Waals surface area contributed by atoms with Gasteiger partial charge in [-0.2, -0.15) is 0 Å². The molecule has 1 aromatic heterocycles. The van der Waals surface area contributed by atoms with Crippen molar-refractivity contribution in [1.82, 2.24) is 9.88 Å². The first-order valence-corrected chi connectivity index (χ1v) is 8.83. The van der Waals surface area contributed by atoms with Crippen molar-refractivity contribution in [1.29, 1.82) is 0 Å². The Morgan fingerprint density at radius 2 is 2.17 bits per heavy atom. The first kappa shape index (κ1) is 16.7. The zero-order valence-electron chi connectivity index (χ0n) is 13.9. The molecule has 0 saturated heterocycles. The van der Waals surface area contributed by atoms with Crippen LogP contribution < -0.4 is 14.4 Å². The predicted octanol–water partition coefficient (Wildman–Crippen LogP) is 0.456. The topological polar surface area (TPSA) is 56.1 Å². The number of para-hydroxylation sites is 2. The van der Waals surface area contributed by atoms with Crippen molar-refractivity contribution in [3.05, 3.63) is 40.8 Å². The fourth-order valence-electron chi connectivity index (χ4n) is 2.56. The number of benzene rings is 1. The lowest BCUT2D eigenvalue weighted by Gasteiger charge is -2.31. The molecule has 3 rings (SSSR count). The maximum atomic E-state index is 12.6. The zero-order valence-corrected chi connectivity index (χ0v) is 14.7. The molecule has 1 N–H and O–H groups in total. The number of hydrogen-bond donors (Lipinski definition) is 1. The number of nitrogens with one attached hydrogen (secondary N) is 1. The van der Waals surface area contributed by atoms with Crippen molar-refractivity contribution in [2.24, 2.45) is 0 Å². The number of quaternary nitrogens is 1. The van der Waals surface area contributed by atoms with Crippen LogP contribution in [0.5, 0.6) is 11.5 Å². The molecule has 2 heterocycles. The fraction of sp³-hybridized carbons (Fsp3) is 0.412. The number of nitrogens with zero attached hydrogens (tertiary/aromatic N) is 2. The van der Waals surface area contributed by atoms with Crippen molar-refractivity contribution < 1.29 is 19.2 Å². The van der Waals surface area contributed by atoms with Crippen LogP contribution in [0.15, 0.2) is 35.8 Å². The maximum absolute atomic E-state index is 12.6. The minimum atomic E-state index is -0.180. The largest absolute Gasteiger partial charge is 0.486 e. The lowest BCUT2D eigenvalue weighted by Crippen LogP contribution is -3.07. The second-order valence-corrected chi connectivity index (χ2v) is 7.06. The van der Waals surface area contributed by atoms with E-state index >= 15 is 0 Å². The van der Waals surface area contributed by atoms with Crippen molar-refractivity contribution in [3.8, 4) is 11.5 Å². The van der Waals surface area contributed by atoms with Crippen LogP contribution in [0.1, 0.15) is 5.01 Å². The molecule has 1 atom stereocenters. The van der Waals surface area contributed by atoms with Gasteiger partial charge in [-0.25, -0.2) is 4.98 Å². The highest BCUT2D eigenvalue weighted by atomic mass is 32.1. The summed E-state index contributed by atoms with van der Waals surface area (Å²) in [6, 6.07) is 7.61. The van der Waals surface area contributed by atoms with Gasteiger partial charge in [-0.05, 0) is 12.1 Å². The van der Waals surface area contributed by atoms with E-state index in [0.717, 1.165) is 21.4 Å². The fourth-order valence-corrected chi connectivity index (χ4v) is 3.19. The Hall–Kier alpha value is -2.12. The molecule has 128 valence electrons. The number of thiazole rings is 1. The van der Waals surface area contributed by atoms with E-state index in [1.165, 1.54) is 0 Å². The second kappa shape index (κ2) is 7.63. The minimum Gasteiger partial charge on any atom is -0.486 e. The monoisotopic (exact) mass is 348 g/mol. The molecule has 1 amide bonds. The minimum absolute atomic E-state index is 0.0904. The standard InChI is InChI=1S/C17H21N3O3S/c1-19(2)11-17(21)20(10-16-18-7-8-24-16)9-13-12-22-14-5-3-4-6-15(14)23-13/h3-8,13H,9-12H2,1-2H3/p+1/t13-/m0/s1. The molecule has 0 fully saturated rings. The van der Waals surface area contributed by atoms with Gasteiger partial charge in [-0.1, -0.05) is 12.1 Å². The summed E-state index contributed by atoms with van der Waals surface area (Å²) in [7, 11) is 3.94. The number of fused-ring (bicyclic) bond motifs is 1. The Morgan fingerprint density at radius 3 is 2.88 bits per heavy atom. The molecular formula is C17H22N3O3S+. The van der Waals surface area contributed by atoms with Crippen molar-refractivity contribution in [3.63, 3.8) is 0 Å². The quantitative estimate of drug-likeness (QED) is 0.824. The Balaban J connectivity index is 1.68. The molecule has 24 heavy (non-hydrogen) atoms. The van der Waals surface area contributed by atoms with Crippen LogP contribution in [-0.2, 0) is 11.3 Å². The number of rotatable bonds is 6. The number of aromatic nitrogens is 1. The van der Waals surface area contributed by atoms with Gasteiger partial charge in [0.1, 0.15) is 11.6 Å². The number of likely N-dealkylation sites (N-methyl/N-ethyl adjacent to an activating group) is 1. The highest BCUT2D eigenvalue weighted by molar-refractivity contribution is 7.09. The molecule has 2 aromatic rings. The molecule has 0 bridgehead atoms. The van der Waals surface area contributed by atoms with Gasteiger partial charge in [0.2, 0.25) is 0 Å². The first-order valence-electron chi connectivity index (χ1n) is 7.95.